The summed E-state index contributed by atoms with van der Waals surface area (Å²) in [6, 6.07) is 10.0. The first-order chi connectivity index (χ1) is 7.72. The second kappa shape index (κ2) is 6.67. The zero-order valence-corrected chi connectivity index (χ0v) is 9.48. The van der Waals surface area contributed by atoms with E-state index in [0.717, 1.165) is 6.42 Å². The van der Waals surface area contributed by atoms with E-state index in [-0.39, 0.29) is 5.97 Å². The fourth-order valence-electron chi connectivity index (χ4n) is 1.34. The summed E-state index contributed by atoms with van der Waals surface area (Å²) in [5.74, 6) is -0.368. The third kappa shape index (κ3) is 4.64. The number of benzene rings is 1. The minimum atomic E-state index is -0.368. The summed E-state index contributed by atoms with van der Waals surface area (Å²) in [5, 5.41) is 0. The van der Waals surface area contributed by atoms with Gasteiger partial charge in [-0.15, -0.1) is 0 Å². The topological polar surface area (TPSA) is 52.3 Å². The van der Waals surface area contributed by atoms with E-state index < -0.39 is 0 Å². The number of nitrogens with two attached hydrogens (primary N) is 1. The molecule has 1 aromatic rings. The predicted molar refractivity (Wildman–Crippen MR) is 63.7 cm³/mol. The van der Waals surface area contributed by atoms with E-state index in [2.05, 4.69) is 0 Å². The van der Waals surface area contributed by atoms with Gasteiger partial charge in [0.2, 0.25) is 0 Å². The average molecular weight is 219 g/mol. The molecular formula is C13H17NO2. The van der Waals surface area contributed by atoms with Crippen molar-refractivity contribution in [3.8, 4) is 0 Å². The van der Waals surface area contributed by atoms with Crippen molar-refractivity contribution in [1.82, 2.24) is 0 Å². The van der Waals surface area contributed by atoms with Crippen molar-refractivity contribution in [1.29, 1.82) is 0 Å². The van der Waals surface area contributed by atoms with E-state index in [1.165, 1.54) is 11.6 Å². The highest BCUT2D eigenvalue weighted by Gasteiger charge is 1.99. The van der Waals surface area contributed by atoms with Gasteiger partial charge >= 0.3 is 5.97 Å². The van der Waals surface area contributed by atoms with Crippen LogP contribution in [0.15, 0.2) is 42.1 Å². The van der Waals surface area contributed by atoms with Gasteiger partial charge in [0.15, 0.2) is 0 Å². The molecule has 0 saturated heterocycles. The van der Waals surface area contributed by atoms with Gasteiger partial charge in [0.25, 0.3) is 0 Å². The van der Waals surface area contributed by atoms with Crippen molar-refractivity contribution in [2.24, 2.45) is 5.73 Å². The SMILES string of the molecule is CCOC(=O)C=C(N)CCc1ccccc1. The Labute approximate surface area is 95.9 Å². The standard InChI is InChI=1S/C13H17NO2/c1-2-16-13(15)10-12(14)9-8-11-6-4-3-5-7-11/h3-7,10H,2,8-9,14H2,1H3. The highest BCUT2D eigenvalue weighted by atomic mass is 16.5. The molecule has 0 aromatic heterocycles. The smallest absolute Gasteiger partial charge is 0.332 e. The average Bonchev–Trinajstić information content (AvgIpc) is 2.28. The molecule has 1 aromatic carbocycles. The maximum atomic E-state index is 11.1. The Hall–Kier alpha value is -1.77. The van der Waals surface area contributed by atoms with Gasteiger partial charge in [-0.25, -0.2) is 4.79 Å². The van der Waals surface area contributed by atoms with Crippen LogP contribution >= 0.6 is 0 Å². The van der Waals surface area contributed by atoms with Gasteiger partial charge in [-0.05, 0) is 25.3 Å². The molecule has 0 spiro atoms. The molecule has 0 fully saturated rings. The Morgan fingerprint density at radius 3 is 2.69 bits per heavy atom. The second-order valence-electron chi connectivity index (χ2n) is 3.46. The number of rotatable bonds is 5. The van der Waals surface area contributed by atoms with Crippen LogP contribution in [-0.4, -0.2) is 12.6 Å². The number of allylic oxidation sites excluding steroid dienone is 1. The maximum Gasteiger partial charge on any atom is 0.332 e. The summed E-state index contributed by atoms with van der Waals surface area (Å²) in [5.41, 5.74) is 7.48. The molecule has 0 amide bonds. The molecule has 0 bridgehead atoms. The summed E-state index contributed by atoms with van der Waals surface area (Å²) in [6.45, 7) is 2.15. The molecule has 3 heteroatoms. The molecule has 3 nitrogen and oxygen atoms in total. The Balaban J connectivity index is 2.40. The second-order valence-corrected chi connectivity index (χ2v) is 3.46. The summed E-state index contributed by atoms with van der Waals surface area (Å²) in [4.78, 5) is 11.1. The van der Waals surface area contributed by atoms with Crippen molar-refractivity contribution in [3.63, 3.8) is 0 Å². The normalized spacial score (nSPS) is 11.2. The van der Waals surface area contributed by atoms with Gasteiger partial charge < -0.3 is 10.5 Å². The van der Waals surface area contributed by atoms with E-state index >= 15 is 0 Å². The molecule has 0 atom stereocenters. The Morgan fingerprint density at radius 2 is 2.06 bits per heavy atom. The molecule has 0 aliphatic carbocycles. The van der Waals surface area contributed by atoms with E-state index in [0.29, 0.717) is 18.7 Å². The third-order valence-electron chi connectivity index (χ3n) is 2.14. The third-order valence-corrected chi connectivity index (χ3v) is 2.14. The summed E-state index contributed by atoms with van der Waals surface area (Å²) >= 11 is 0. The Bertz CT molecular complexity index is 357. The molecule has 0 radical (unpaired) electrons. The van der Waals surface area contributed by atoms with Crippen LogP contribution in [0, 0.1) is 0 Å². The number of carbonyl (C=O) groups excluding carboxylic acids is 1. The Morgan fingerprint density at radius 1 is 1.38 bits per heavy atom. The zero-order valence-electron chi connectivity index (χ0n) is 9.48. The van der Waals surface area contributed by atoms with Crippen molar-refractivity contribution < 1.29 is 9.53 Å². The number of aryl methyl sites for hydroxylation is 1. The lowest BCUT2D eigenvalue weighted by molar-refractivity contribution is -0.137. The number of hydrogen-bond acceptors (Lipinski definition) is 3. The van der Waals surface area contributed by atoms with Crippen LogP contribution < -0.4 is 5.73 Å². The van der Waals surface area contributed by atoms with Crippen LogP contribution in [0.4, 0.5) is 0 Å². The molecule has 0 aliphatic rings. The van der Waals surface area contributed by atoms with Crippen LogP contribution in [0.25, 0.3) is 0 Å². The zero-order chi connectivity index (χ0) is 11.8. The van der Waals surface area contributed by atoms with Crippen LogP contribution in [0.3, 0.4) is 0 Å². The predicted octanol–water partition coefficient (Wildman–Crippen LogP) is 2.02. The van der Waals surface area contributed by atoms with E-state index in [1.54, 1.807) is 6.92 Å². The van der Waals surface area contributed by atoms with Gasteiger partial charge in [-0.2, -0.15) is 0 Å². The number of hydrogen-bond donors (Lipinski definition) is 1. The molecule has 16 heavy (non-hydrogen) atoms. The van der Waals surface area contributed by atoms with Gasteiger partial charge in [-0.1, -0.05) is 30.3 Å². The Kier molecular flexibility index (Phi) is 5.12. The monoisotopic (exact) mass is 219 g/mol. The minimum Gasteiger partial charge on any atom is -0.463 e. The van der Waals surface area contributed by atoms with Gasteiger partial charge in [0.1, 0.15) is 0 Å². The van der Waals surface area contributed by atoms with Gasteiger partial charge in [-0.3, -0.25) is 0 Å². The van der Waals surface area contributed by atoms with Crippen molar-refractivity contribution in [2.75, 3.05) is 6.61 Å². The van der Waals surface area contributed by atoms with Crippen LogP contribution in [0.1, 0.15) is 18.9 Å². The number of esters is 1. The highest BCUT2D eigenvalue weighted by Crippen LogP contribution is 2.05. The van der Waals surface area contributed by atoms with Gasteiger partial charge in [0, 0.05) is 11.8 Å². The van der Waals surface area contributed by atoms with Crippen LogP contribution in [0.2, 0.25) is 0 Å². The molecule has 0 heterocycles. The molecule has 0 unspecified atom stereocenters. The van der Waals surface area contributed by atoms with Crippen molar-refractivity contribution in [2.45, 2.75) is 19.8 Å². The van der Waals surface area contributed by atoms with Gasteiger partial charge in [0.05, 0.1) is 6.61 Å². The number of ether oxygens (including phenoxy) is 1. The number of carbonyl (C=O) groups is 1. The first-order valence-electron chi connectivity index (χ1n) is 5.39. The van der Waals surface area contributed by atoms with Crippen LogP contribution in [0.5, 0.6) is 0 Å². The van der Waals surface area contributed by atoms with Crippen molar-refractivity contribution in [3.05, 3.63) is 47.7 Å². The first kappa shape index (κ1) is 12.3. The maximum absolute atomic E-state index is 11.1. The fourth-order valence-corrected chi connectivity index (χ4v) is 1.34. The van der Waals surface area contributed by atoms with E-state index in [9.17, 15) is 4.79 Å². The summed E-state index contributed by atoms with van der Waals surface area (Å²) < 4.78 is 4.77. The summed E-state index contributed by atoms with van der Waals surface area (Å²) in [7, 11) is 0. The highest BCUT2D eigenvalue weighted by molar-refractivity contribution is 5.82. The molecule has 1 rings (SSSR count). The largest absolute Gasteiger partial charge is 0.463 e. The molecule has 2 N–H and O–H groups in total. The molecule has 0 aliphatic heterocycles. The quantitative estimate of drug-likeness (QED) is 0.609. The fraction of sp³-hybridized carbons (Fsp3) is 0.308. The van der Waals surface area contributed by atoms with E-state index in [4.69, 9.17) is 10.5 Å². The van der Waals surface area contributed by atoms with Crippen LogP contribution in [-0.2, 0) is 16.0 Å². The molecular weight excluding hydrogens is 202 g/mol. The lowest BCUT2D eigenvalue weighted by Crippen LogP contribution is -2.06. The van der Waals surface area contributed by atoms with Crippen molar-refractivity contribution >= 4 is 5.97 Å². The first-order valence-corrected chi connectivity index (χ1v) is 5.39. The van der Waals surface area contributed by atoms with E-state index in [1.807, 2.05) is 30.3 Å². The lowest BCUT2D eigenvalue weighted by atomic mass is 10.1. The minimum absolute atomic E-state index is 0.368. The lowest BCUT2D eigenvalue weighted by Gasteiger charge is -2.02. The molecule has 0 saturated carbocycles. The molecule has 86 valence electrons. The summed E-state index contributed by atoms with van der Waals surface area (Å²) in [6.07, 6.45) is 2.86.